The van der Waals surface area contributed by atoms with Crippen LogP contribution in [0.3, 0.4) is 0 Å². The summed E-state index contributed by atoms with van der Waals surface area (Å²) in [5.74, 6) is -0.590. The number of carboxylic acids is 1. The molecule has 1 N–H and O–H groups in total. The molecule has 8 nitrogen and oxygen atoms in total. The van der Waals surface area contributed by atoms with Gasteiger partial charge in [0.1, 0.15) is 6.61 Å². The Labute approximate surface area is 400 Å². The SMILES string of the molecule is O=C(O)c1ccccc1[O-].O=C(OCCS(=O)(=O)[O-])C12CC3CC(CC(C3)C1)C2.c1ccc([S+](c2ccccc2)c2ccccc2)cc1.c1ccc([S+](c2ccccc2)c2ccccc2)cc1. The number of carbonyl (C=O) groups is 2. The fourth-order valence-electron chi connectivity index (χ4n) is 9.55. The van der Waals surface area contributed by atoms with Crippen molar-refractivity contribution in [1.82, 2.24) is 0 Å². The Morgan fingerprint density at radius 2 is 0.791 bits per heavy atom. The summed E-state index contributed by atoms with van der Waals surface area (Å²) < 4.78 is 36.6. The van der Waals surface area contributed by atoms with Gasteiger partial charge < -0.3 is 19.5 Å². The number of hydrogen-bond acceptors (Lipinski definition) is 7. The molecule has 4 aliphatic rings. The Bertz CT molecular complexity index is 2380. The van der Waals surface area contributed by atoms with Crippen LogP contribution >= 0.6 is 0 Å². The highest BCUT2D eigenvalue weighted by Crippen LogP contribution is 2.60. The lowest BCUT2D eigenvalue weighted by molar-refractivity contribution is -0.268. The molecule has 0 unspecified atom stereocenters. The van der Waals surface area contributed by atoms with Crippen molar-refractivity contribution in [2.24, 2.45) is 23.2 Å². The first-order valence-corrected chi connectivity index (χ1v) is 26.4. The van der Waals surface area contributed by atoms with Crippen LogP contribution in [0.4, 0.5) is 0 Å². The maximum absolute atomic E-state index is 12.3. The summed E-state index contributed by atoms with van der Waals surface area (Å²) in [5, 5.41) is 19.0. The summed E-state index contributed by atoms with van der Waals surface area (Å²) in [6.45, 7) is -0.299. The lowest BCUT2D eigenvalue weighted by Crippen LogP contribution is -2.50. The van der Waals surface area contributed by atoms with E-state index in [2.05, 4.69) is 182 Å². The maximum Gasteiger partial charge on any atom is 0.335 e. The van der Waals surface area contributed by atoms with Gasteiger partial charge in [0.2, 0.25) is 0 Å². The molecule has 0 aliphatic heterocycles. The van der Waals surface area contributed by atoms with E-state index in [0.717, 1.165) is 19.3 Å². The van der Waals surface area contributed by atoms with Crippen LogP contribution in [0.5, 0.6) is 5.75 Å². The van der Waals surface area contributed by atoms with E-state index < -0.39 is 27.6 Å². The van der Waals surface area contributed by atoms with Crippen molar-refractivity contribution in [2.75, 3.05) is 12.4 Å². The van der Waals surface area contributed by atoms with Crippen molar-refractivity contribution >= 4 is 43.8 Å². The predicted octanol–water partition coefficient (Wildman–Crippen LogP) is 11.3. The number of rotatable bonds is 11. The first kappa shape index (κ1) is 48.8. The van der Waals surface area contributed by atoms with Crippen molar-refractivity contribution in [3.8, 4) is 5.75 Å². The molecule has 0 radical (unpaired) electrons. The van der Waals surface area contributed by atoms with Crippen LogP contribution < -0.4 is 5.11 Å². The van der Waals surface area contributed by atoms with E-state index in [1.165, 1.54) is 72.9 Å². The second kappa shape index (κ2) is 23.6. The number of para-hydroxylation sites is 1. The number of hydrogen-bond donors (Lipinski definition) is 1. The summed E-state index contributed by atoms with van der Waals surface area (Å²) >= 11 is 0. The zero-order valence-electron chi connectivity index (χ0n) is 37.0. The van der Waals surface area contributed by atoms with Gasteiger partial charge in [0, 0.05) is 0 Å². The quantitative estimate of drug-likeness (QED) is 0.0767. The van der Waals surface area contributed by atoms with Gasteiger partial charge in [-0.05, 0) is 135 Å². The maximum atomic E-state index is 12.3. The highest BCUT2D eigenvalue weighted by atomic mass is 32.2. The van der Waals surface area contributed by atoms with Gasteiger partial charge in [0.05, 0.1) is 48.6 Å². The number of benzene rings is 7. The average molecular weight is 951 g/mol. The Morgan fingerprint density at radius 1 is 0.507 bits per heavy atom. The molecule has 0 amide bonds. The van der Waals surface area contributed by atoms with Crippen LogP contribution in [0.1, 0.15) is 48.9 Å². The molecule has 7 aromatic carbocycles. The molecular formula is C56H54O8S3. The lowest BCUT2D eigenvalue weighted by atomic mass is 9.49. The summed E-state index contributed by atoms with van der Waals surface area (Å²) in [5.41, 5.74) is -0.552. The molecule has 0 heterocycles. The van der Waals surface area contributed by atoms with Crippen LogP contribution in [0.15, 0.2) is 236 Å². The van der Waals surface area contributed by atoms with Gasteiger partial charge in [-0.15, -0.1) is 0 Å². The second-order valence-corrected chi connectivity index (χ2v) is 22.5. The summed E-state index contributed by atoms with van der Waals surface area (Å²) in [7, 11) is -4.33. The second-order valence-electron chi connectivity index (χ2n) is 16.9. The zero-order chi connectivity index (χ0) is 47.1. The summed E-state index contributed by atoms with van der Waals surface area (Å²) in [6.07, 6.45) is 6.39. The van der Waals surface area contributed by atoms with E-state index in [-0.39, 0.29) is 45.3 Å². The largest absolute Gasteiger partial charge is 0.872 e. The van der Waals surface area contributed by atoms with Crippen molar-refractivity contribution in [1.29, 1.82) is 0 Å². The van der Waals surface area contributed by atoms with Gasteiger partial charge in [0.15, 0.2) is 29.4 Å². The minimum Gasteiger partial charge on any atom is -0.872 e. The number of aromatic carboxylic acids is 1. The fraction of sp³-hybridized carbons (Fsp3) is 0.214. The van der Waals surface area contributed by atoms with Crippen LogP contribution in [-0.2, 0) is 41.4 Å². The van der Waals surface area contributed by atoms with E-state index in [1.807, 2.05) is 0 Å². The molecule has 0 atom stereocenters. The smallest absolute Gasteiger partial charge is 0.335 e. The lowest BCUT2D eigenvalue weighted by Gasteiger charge is -2.55. The Morgan fingerprint density at radius 3 is 1.04 bits per heavy atom. The normalized spacial score (nSPS) is 18.8. The van der Waals surface area contributed by atoms with Gasteiger partial charge in [-0.25, -0.2) is 13.2 Å². The monoisotopic (exact) mass is 950 g/mol. The van der Waals surface area contributed by atoms with Gasteiger partial charge in [-0.2, -0.15) is 0 Å². The van der Waals surface area contributed by atoms with Crippen molar-refractivity contribution < 1.29 is 37.5 Å². The van der Waals surface area contributed by atoms with E-state index in [1.54, 1.807) is 0 Å². The molecule has 344 valence electrons. The molecule has 11 rings (SSSR count). The third kappa shape index (κ3) is 13.7. The van der Waals surface area contributed by atoms with E-state index in [4.69, 9.17) is 9.84 Å². The van der Waals surface area contributed by atoms with Gasteiger partial charge in [0.25, 0.3) is 0 Å². The van der Waals surface area contributed by atoms with E-state index >= 15 is 0 Å². The number of carboxylic acid groups (broad SMARTS) is 1. The Kier molecular flexibility index (Phi) is 17.2. The minimum absolute atomic E-state index is 0.0146. The van der Waals surface area contributed by atoms with Gasteiger partial charge in [-0.3, -0.25) is 4.79 Å². The van der Waals surface area contributed by atoms with Gasteiger partial charge >= 0.3 is 11.9 Å². The van der Waals surface area contributed by atoms with Crippen LogP contribution in [-0.4, -0.2) is 42.4 Å². The molecule has 4 saturated carbocycles. The third-order valence-corrected chi connectivity index (χ3v) is 17.2. The third-order valence-electron chi connectivity index (χ3n) is 12.0. The van der Waals surface area contributed by atoms with Crippen LogP contribution in [0.2, 0.25) is 0 Å². The minimum atomic E-state index is -4.30. The molecule has 0 saturated heterocycles. The van der Waals surface area contributed by atoms with Crippen LogP contribution in [0, 0.1) is 23.2 Å². The first-order chi connectivity index (χ1) is 32.5. The van der Waals surface area contributed by atoms with Crippen molar-refractivity contribution in [3.05, 3.63) is 212 Å². The highest BCUT2D eigenvalue weighted by Gasteiger charge is 2.55. The Hall–Kier alpha value is -6.11. The van der Waals surface area contributed by atoms with Gasteiger partial charge in [-0.1, -0.05) is 133 Å². The number of esters is 1. The predicted molar refractivity (Wildman–Crippen MR) is 262 cm³/mol. The zero-order valence-corrected chi connectivity index (χ0v) is 39.5. The molecular weight excluding hydrogens is 897 g/mol. The molecule has 0 aromatic heterocycles. The molecule has 67 heavy (non-hydrogen) atoms. The van der Waals surface area contributed by atoms with E-state index in [9.17, 15) is 27.7 Å². The van der Waals surface area contributed by atoms with Crippen LogP contribution in [0.25, 0.3) is 0 Å². The summed E-state index contributed by atoms with van der Waals surface area (Å²) in [6, 6.07) is 69.8. The number of carbonyl (C=O) groups excluding carboxylic acids is 1. The molecule has 11 heteroatoms. The molecule has 4 fully saturated rings. The fourth-order valence-corrected chi connectivity index (χ4v) is 14.0. The van der Waals surface area contributed by atoms with E-state index in [0.29, 0.717) is 17.8 Å². The molecule has 4 bridgehead atoms. The highest BCUT2D eigenvalue weighted by molar-refractivity contribution is 7.97. The van der Waals surface area contributed by atoms with Crippen molar-refractivity contribution in [3.63, 3.8) is 0 Å². The standard InChI is InChI=1S/2C18H15S.C13H20O5S.C7H6O3/c2*1-4-10-16(11-5-1)19(17-12-6-2-7-13-17)18-14-8-3-9-15-18;14-12(18-1-2-19(15,16)17)13-6-9-3-10(7-13)5-11(4-9)8-13;8-6-4-2-1-3-5(6)7(9)10/h2*1-15H;9-11H,1-8H2,(H,15,16,17);1-4,8H,(H,9,10)/q2*+1;;/p-2. The first-order valence-electron chi connectivity index (χ1n) is 22.4. The topological polar surface area (TPSA) is 144 Å². The number of ether oxygens (including phenoxy) is 1. The van der Waals surface area contributed by atoms with Crippen molar-refractivity contribution in [2.45, 2.75) is 67.9 Å². The summed E-state index contributed by atoms with van der Waals surface area (Å²) in [4.78, 5) is 30.7. The molecule has 7 aromatic rings. The molecule has 0 spiro atoms. The average Bonchev–Trinajstić information content (AvgIpc) is 3.34. The Balaban J connectivity index is 0.000000136. The molecule has 4 aliphatic carbocycles.